The van der Waals surface area contributed by atoms with Crippen molar-refractivity contribution in [3.8, 4) is 22.6 Å². The summed E-state index contributed by atoms with van der Waals surface area (Å²) in [5.74, 6) is -0.660. The molecule has 0 radical (unpaired) electrons. The molecule has 0 aromatic heterocycles. The van der Waals surface area contributed by atoms with E-state index in [9.17, 15) is 24.6 Å². The van der Waals surface area contributed by atoms with Gasteiger partial charge >= 0.3 is 12.1 Å². The molecule has 11 heteroatoms. The van der Waals surface area contributed by atoms with E-state index in [1.54, 1.807) is 42.5 Å². The van der Waals surface area contributed by atoms with E-state index in [1.807, 2.05) is 48.5 Å². The lowest BCUT2D eigenvalue weighted by Crippen LogP contribution is -2.47. The number of hydrogen-bond donors (Lipinski definition) is 4. The minimum Gasteiger partial charge on any atom is -0.496 e. The van der Waals surface area contributed by atoms with Crippen LogP contribution in [-0.2, 0) is 32.3 Å². The van der Waals surface area contributed by atoms with E-state index in [0.29, 0.717) is 39.4 Å². The van der Waals surface area contributed by atoms with E-state index in [2.05, 4.69) is 10.6 Å². The fourth-order valence-corrected chi connectivity index (χ4v) is 5.83. The number of aliphatic hydroxyl groups excluding tert-OH is 2. The maximum atomic E-state index is 13.5. The molecule has 11 nitrogen and oxygen atoms in total. The average molecular weight is 667 g/mol. The number of anilines is 1. The minimum atomic E-state index is -1.28. The highest BCUT2D eigenvalue weighted by atomic mass is 16.6. The van der Waals surface area contributed by atoms with Crippen molar-refractivity contribution in [2.75, 3.05) is 32.8 Å². The Morgan fingerprint density at radius 3 is 2.06 bits per heavy atom. The number of carbonyl (C=O) groups excluding carboxylic acids is 3. The normalized spacial score (nSPS) is 12.5. The van der Waals surface area contributed by atoms with Crippen LogP contribution in [0.4, 0.5) is 10.5 Å². The standard InChI is InChI=1S/C38H38N2O9/c1-23(43)48-22-34(40-38(45)49-21-32-29-10-6-4-8-27(29)28-9-5-7-11-30(28)32)37(44)39-33-17-24(14-15-35(33)46-2)12-13-25-16-26(19-41)31(20-42)36(18-25)47-3/h4-18,32,34,41-42H,19-22H2,1-3H3,(H,39,44)(H,40,45)/b13-12-/t34-/m0/s1. The van der Waals surface area contributed by atoms with Crippen LogP contribution in [-0.4, -0.2) is 61.7 Å². The van der Waals surface area contributed by atoms with Gasteiger partial charge in [0.15, 0.2) is 0 Å². The first-order valence-corrected chi connectivity index (χ1v) is 15.6. The van der Waals surface area contributed by atoms with Crippen LogP contribution in [0.3, 0.4) is 0 Å². The van der Waals surface area contributed by atoms with Crippen molar-refractivity contribution in [3.63, 3.8) is 0 Å². The van der Waals surface area contributed by atoms with Crippen LogP contribution in [0, 0.1) is 0 Å². The summed E-state index contributed by atoms with van der Waals surface area (Å²) in [5, 5.41) is 24.8. The number of rotatable bonds is 13. The van der Waals surface area contributed by atoms with Crippen molar-refractivity contribution in [1.82, 2.24) is 5.32 Å². The van der Waals surface area contributed by atoms with Gasteiger partial charge in [0.05, 0.1) is 33.1 Å². The molecule has 0 spiro atoms. The van der Waals surface area contributed by atoms with Crippen molar-refractivity contribution in [3.05, 3.63) is 112 Å². The largest absolute Gasteiger partial charge is 0.496 e. The number of ether oxygens (including phenoxy) is 4. The first-order valence-electron chi connectivity index (χ1n) is 15.6. The molecule has 4 N–H and O–H groups in total. The molecule has 49 heavy (non-hydrogen) atoms. The van der Waals surface area contributed by atoms with Gasteiger partial charge in [-0.05, 0) is 63.2 Å². The van der Waals surface area contributed by atoms with Gasteiger partial charge in [0, 0.05) is 18.4 Å². The quantitative estimate of drug-likeness (QED) is 0.111. The van der Waals surface area contributed by atoms with Crippen LogP contribution >= 0.6 is 0 Å². The molecule has 0 unspecified atom stereocenters. The first kappa shape index (κ1) is 34.7. The number of hydrogen-bond acceptors (Lipinski definition) is 9. The Labute approximate surface area is 284 Å². The van der Waals surface area contributed by atoms with Crippen LogP contribution in [0.5, 0.6) is 11.5 Å². The van der Waals surface area contributed by atoms with Gasteiger partial charge in [0.25, 0.3) is 5.91 Å². The van der Waals surface area contributed by atoms with Gasteiger partial charge in [0.2, 0.25) is 0 Å². The summed E-state index contributed by atoms with van der Waals surface area (Å²) in [4.78, 5) is 38.2. The molecule has 0 fully saturated rings. The number of carbonyl (C=O) groups is 3. The number of esters is 1. The van der Waals surface area contributed by atoms with Crippen LogP contribution in [0.25, 0.3) is 23.3 Å². The predicted octanol–water partition coefficient (Wildman–Crippen LogP) is 5.27. The Kier molecular flexibility index (Phi) is 11.3. The maximum Gasteiger partial charge on any atom is 0.407 e. The summed E-state index contributed by atoms with van der Waals surface area (Å²) in [7, 11) is 2.94. The highest BCUT2D eigenvalue weighted by Gasteiger charge is 2.30. The van der Waals surface area contributed by atoms with E-state index in [4.69, 9.17) is 18.9 Å². The van der Waals surface area contributed by atoms with Gasteiger partial charge in [-0.1, -0.05) is 66.7 Å². The zero-order chi connectivity index (χ0) is 34.9. The van der Waals surface area contributed by atoms with Gasteiger partial charge in [-0.15, -0.1) is 0 Å². The highest BCUT2D eigenvalue weighted by Crippen LogP contribution is 2.44. The molecule has 2 amide bonds. The SMILES string of the molecule is COc1ccc(/C=C\c2cc(CO)c(CO)c(OC)c2)cc1NC(=O)[C@H](COC(C)=O)NC(=O)OCC1c2ccccc2-c2ccccc21. The van der Waals surface area contributed by atoms with Gasteiger partial charge in [-0.3, -0.25) is 9.59 Å². The predicted molar refractivity (Wildman–Crippen MR) is 184 cm³/mol. The van der Waals surface area contributed by atoms with E-state index in [-0.39, 0.29) is 25.7 Å². The number of methoxy groups -OCH3 is 2. The molecule has 254 valence electrons. The Balaban J connectivity index is 1.30. The summed E-state index contributed by atoms with van der Waals surface area (Å²) in [6.07, 6.45) is 2.73. The lowest BCUT2D eigenvalue weighted by Gasteiger charge is -2.20. The second-order valence-corrected chi connectivity index (χ2v) is 11.3. The summed E-state index contributed by atoms with van der Waals surface area (Å²) in [5.41, 5.74) is 7.00. The second kappa shape index (κ2) is 16.0. The van der Waals surface area contributed by atoms with Crippen molar-refractivity contribution in [2.24, 2.45) is 0 Å². The maximum absolute atomic E-state index is 13.5. The van der Waals surface area contributed by atoms with Gasteiger partial charge in [0.1, 0.15) is 30.8 Å². The number of aliphatic hydroxyl groups is 2. The van der Waals surface area contributed by atoms with E-state index in [0.717, 1.165) is 22.3 Å². The molecule has 5 rings (SSSR count). The van der Waals surface area contributed by atoms with Crippen LogP contribution in [0.1, 0.15) is 46.2 Å². The van der Waals surface area contributed by atoms with Crippen molar-refractivity contribution in [1.29, 1.82) is 0 Å². The zero-order valence-electron chi connectivity index (χ0n) is 27.4. The Hall–Kier alpha value is -5.65. The Morgan fingerprint density at radius 2 is 1.45 bits per heavy atom. The summed E-state index contributed by atoms with van der Waals surface area (Å²) < 4.78 is 21.6. The molecule has 0 heterocycles. The molecular weight excluding hydrogens is 628 g/mol. The van der Waals surface area contributed by atoms with E-state index >= 15 is 0 Å². The average Bonchev–Trinajstić information content (AvgIpc) is 3.44. The Bertz CT molecular complexity index is 1800. The second-order valence-electron chi connectivity index (χ2n) is 11.3. The molecule has 0 saturated carbocycles. The van der Waals surface area contributed by atoms with Gasteiger partial charge in [-0.25, -0.2) is 4.79 Å². The molecule has 1 aliphatic carbocycles. The third-order valence-corrected chi connectivity index (χ3v) is 8.23. The highest BCUT2D eigenvalue weighted by molar-refractivity contribution is 5.98. The summed E-state index contributed by atoms with van der Waals surface area (Å²) in [6.45, 7) is 0.270. The topological polar surface area (TPSA) is 153 Å². The van der Waals surface area contributed by atoms with Gasteiger partial charge < -0.3 is 39.8 Å². The van der Waals surface area contributed by atoms with Crippen LogP contribution < -0.4 is 20.1 Å². The molecule has 0 aliphatic heterocycles. The molecule has 0 bridgehead atoms. The lowest BCUT2D eigenvalue weighted by atomic mass is 9.98. The summed E-state index contributed by atoms with van der Waals surface area (Å²) in [6, 6.07) is 23.2. The fourth-order valence-electron chi connectivity index (χ4n) is 5.83. The number of amides is 2. The summed E-state index contributed by atoms with van der Waals surface area (Å²) >= 11 is 0. The number of fused-ring (bicyclic) bond motifs is 3. The Morgan fingerprint density at radius 1 is 0.796 bits per heavy atom. The number of nitrogens with one attached hydrogen (secondary N) is 2. The molecule has 1 aliphatic rings. The third-order valence-electron chi connectivity index (χ3n) is 8.23. The van der Waals surface area contributed by atoms with Crippen LogP contribution in [0.15, 0.2) is 78.9 Å². The van der Waals surface area contributed by atoms with Crippen molar-refractivity contribution in [2.45, 2.75) is 32.1 Å². The third kappa shape index (κ3) is 8.08. The smallest absolute Gasteiger partial charge is 0.407 e. The fraction of sp³-hybridized carbons (Fsp3) is 0.237. The lowest BCUT2D eigenvalue weighted by molar-refractivity contribution is -0.142. The molecule has 0 saturated heterocycles. The van der Waals surface area contributed by atoms with E-state index in [1.165, 1.54) is 21.1 Å². The molecule has 4 aromatic carbocycles. The van der Waals surface area contributed by atoms with Crippen LogP contribution in [0.2, 0.25) is 0 Å². The zero-order valence-corrected chi connectivity index (χ0v) is 27.4. The van der Waals surface area contributed by atoms with Gasteiger partial charge in [-0.2, -0.15) is 0 Å². The van der Waals surface area contributed by atoms with Crippen molar-refractivity contribution >= 4 is 35.8 Å². The first-order chi connectivity index (χ1) is 23.8. The number of alkyl carbamates (subject to hydrolysis) is 1. The minimum absolute atomic E-state index is 0.0400. The molecule has 4 aromatic rings. The van der Waals surface area contributed by atoms with E-state index < -0.39 is 30.6 Å². The molecule has 1 atom stereocenters. The molecular formula is C38H38N2O9. The monoisotopic (exact) mass is 666 g/mol. The van der Waals surface area contributed by atoms with Crippen molar-refractivity contribution < 1.29 is 43.5 Å². The number of benzene rings is 4.